The zero-order valence-electron chi connectivity index (χ0n) is 8.91. The summed E-state index contributed by atoms with van der Waals surface area (Å²) in [6.45, 7) is 17.2. The van der Waals surface area contributed by atoms with E-state index in [1.165, 1.54) is 18.4 Å². The molecular formula is C11H24. The molecule has 0 aromatic rings. The zero-order chi connectivity index (χ0) is 9.70. The Morgan fingerprint density at radius 2 is 1.64 bits per heavy atom. The average Bonchev–Trinajstić information content (AvgIpc) is 1.93. The summed E-state index contributed by atoms with van der Waals surface area (Å²) in [5.41, 5.74) is 1.29. The monoisotopic (exact) mass is 156 g/mol. The minimum Gasteiger partial charge on any atom is -0.103 e. The molecule has 0 rings (SSSR count). The van der Waals surface area contributed by atoms with Crippen LogP contribution in [0.2, 0.25) is 0 Å². The molecule has 0 unspecified atom stereocenters. The number of rotatable bonds is 2. The highest BCUT2D eigenvalue weighted by Crippen LogP contribution is 1.96. The molecule has 68 valence electrons. The highest BCUT2D eigenvalue weighted by molar-refractivity contribution is 4.86. The topological polar surface area (TPSA) is 0 Å². The normalized spacial score (nSPS) is 6.27. The smallest absolute Gasteiger partial charge is 0.0328 e. The fourth-order valence-corrected chi connectivity index (χ4v) is 0.427. The van der Waals surface area contributed by atoms with Crippen molar-refractivity contribution >= 4 is 0 Å². The molecule has 0 saturated carbocycles. The van der Waals surface area contributed by atoms with Crippen LogP contribution in [0.15, 0.2) is 24.8 Å². The minimum absolute atomic E-state index is 1.18. The molecule has 0 aliphatic carbocycles. The molecule has 0 N–H and O–H groups in total. The Kier molecular flexibility index (Phi) is 34.7. The fourth-order valence-electron chi connectivity index (χ4n) is 0.427. The van der Waals surface area contributed by atoms with Gasteiger partial charge in [-0.3, -0.25) is 0 Å². The molecule has 0 nitrogen and oxygen atoms in total. The van der Waals surface area contributed by atoms with Crippen LogP contribution in [0.1, 0.15) is 47.5 Å². The van der Waals surface area contributed by atoms with E-state index in [1.807, 2.05) is 20.8 Å². The van der Waals surface area contributed by atoms with Gasteiger partial charge in [-0.05, 0) is 20.3 Å². The molecule has 0 atom stereocenters. The summed E-state index contributed by atoms with van der Waals surface area (Å²) in [5, 5.41) is 0. The lowest BCUT2D eigenvalue weighted by Crippen LogP contribution is -1.66. The third-order valence-electron chi connectivity index (χ3n) is 0.677. The van der Waals surface area contributed by atoms with Gasteiger partial charge in [-0.1, -0.05) is 38.8 Å². The predicted molar refractivity (Wildman–Crippen MR) is 56.9 cm³/mol. The van der Waals surface area contributed by atoms with Crippen LogP contribution in [0.25, 0.3) is 0 Å². The van der Waals surface area contributed by atoms with Crippen molar-refractivity contribution in [3.63, 3.8) is 0 Å². The molecule has 0 heteroatoms. The Hall–Kier alpha value is -0.520. The molecule has 0 spiro atoms. The summed E-state index contributed by atoms with van der Waals surface area (Å²) in [6.07, 6.45) is 4.16. The maximum absolute atomic E-state index is 3.74. The second-order valence-corrected chi connectivity index (χ2v) is 2.12. The van der Waals surface area contributed by atoms with Crippen LogP contribution in [0, 0.1) is 0 Å². The quantitative estimate of drug-likeness (QED) is 0.513. The van der Waals surface area contributed by atoms with E-state index in [1.54, 1.807) is 6.08 Å². The molecule has 0 saturated heterocycles. The maximum atomic E-state index is 3.74. The van der Waals surface area contributed by atoms with Gasteiger partial charge in [-0.15, -0.1) is 13.2 Å². The van der Waals surface area contributed by atoms with E-state index in [4.69, 9.17) is 0 Å². The van der Waals surface area contributed by atoms with Crippen LogP contribution >= 0.6 is 0 Å². The van der Waals surface area contributed by atoms with Crippen LogP contribution < -0.4 is 0 Å². The molecule has 0 amide bonds. The molecule has 11 heavy (non-hydrogen) atoms. The fraction of sp³-hybridized carbons (Fsp3) is 0.636. The van der Waals surface area contributed by atoms with Gasteiger partial charge in [-0.2, -0.15) is 0 Å². The van der Waals surface area contributed by atoms with Gasteiger partial charge in [0.1, 0.15) is 0 Å². The zero-order valence-corrected chi connectivity index (χ0v) is 8.91. The summed E-state index contributed by atoms with van der Waals surface area (Å²) >= 11 is 0. The van der Waals surface area contributed by atoms with Crippen LogP contribution in [0.5, 0.6) is 0 Å². The van der Waals surface area contributed by atoms with Crippen molar-refractivity contribution in [3.05, 3.63) is 24.8 Å². The van der Waals surface area contributed by atoms with E-state index in [9.17, 15) is 0 Å². The molecule has 0 bridgehead atoms. The Morgan fingerprint density at radius 1 is 1.36 bits per heavy atom. The third kappa shape index (κ3) is 86.2. The van der Waals surface area contributed by atoms with Crippen molar-refractivity contribution < 1.29 is 0 Å². The summed E-state index contributed by atoms with van der Waals surface area (Å²) in [5.74, 6) is 0. The lowest BCUT2D eigenvalue weighted by atomic mass is 10.2. The van der Waals surface area contributed by atoms with Gasteiger partial charge >= 0.3 is 0 Å². The first kappa shape index (κ1) is 16.8. The minimum atomic E-state index is 1.18. The summed E-state index contributed by atoms with van der Waals surface area (Å²) in [7, 11) is 0. The van der Waals surface area contributed by atoms with Gasteiger partial charge in [0.15, 0.2) is 0 Å². The van der Waals surface area contributed by atoms with Gasteiger partial charge in [0, 0.05) is 0 Å². The van der Waals surface area contributed by atoms with Crippen molar-refractivity contribution in [2.75, 3.05) is 0 Å². The molecule has 0 aromatic carbocycles. The van der Waals surface area contributed by atoms with Crippen LogP contribution in [0.4, 0.5) is 0 Å². The van der Waals surface area contributed by atoms with Gasteiger partial charge < -0.3 is 0 Å². The van der Waals surface area contributed by atoms with E-state index in [-0.39, 0.29) is 0 Å². The molecule has 0 aliphatic heterocycles. The maximum Gasteiger partial charge on any atom is -0.0328 e. The average molecular weight is 156 g/mol. The van der Waals surface area contributed by atoms with Crippen LogP contribution in [0.3, 0.4) is 0 Å². The first-order valence-electron chi connectivity index (χ1n) is 4.40. The molecular weight excluding hydrogens is 132 g/mol. The third-order valence-corrected chi connectivity index (χ3v) is 0.677. The molecule has 0 radical (unpaired) electrons. The van der Waals surface area contributed by atoms with E-state index < -0.39 is 0 Å². The predicted octanol–water partition coefficient (Wildman–Crippen LogP) is 4.58. The Balaban J connectivity index is -0.000000109. The largest absolute Gasteiger partial charge is 0.103 e. The lowest BCUT2D eigenvalue weighted by molar-refractivity contribution is 0.910. The molecule has 0 aromatic heterocycles. The SMILES string of the molecule is C=C(C)CCC.C=CC.CC. The highest BCUT2D eigenvalue weighted by Gasteiger charge is 1.76. The van der Waals surface area contributed by atoms with E-state index in [0.29, 0.717) is 0 Å². The van der Waals surface area contributed by atoms with Gasteiger partial charge in [-0.25, -0.2) is 0 Å². The van der Waals surface area contributed by atoms with Crippen molar-refractivity contribution in [2.45, 2.75) is 47.5 Å². The van der Waals surface area contributed by atoms with Gasteiger partial charge in [0.2, 0.25) is 0 Å². The van der Waals surface area contributed by atoms with Crippen molar-refractivity contribution in [2.24, 2.45) is 0 Å². The Labute approximate surface area is 73.0 Å². The molecule has 0 aliphatic rings. The Bertz CT molecular complexity index is 70.1. The lowest BCUT2D eigenvalue weighted by Gasteiger charge is -1.87. The van der Waals surface area contributed by atoms with Gasteiger partial charge in [0.25, 0.3) is 0 Å². The Morgan fingerprint density at radius 3 is 1.64 bits per heavy atom. The standard InChI is InChI=1S/C6H12.C3H6.C2H6/c1-4-5-6(2)3;1-3-2;1-2/h2,4-5H2,1,3H3;3H,1H2,2H3;1-2H3. The highest BCUT2D eigenvalue weighted by atomic mass is 13.8. The van der Waals surface area contributed by atoms with Crippen molar-refractivity contribution in [1.29, 1.82) is 0 Å². The van der Waals surface area contributed by atoms with Crippen LogP contribution in [-0.2, 0) is 0 Å². The molecule has 0 heterocycles. The first-order chi connectivity index (χ1) is 5.18. The molecule has 0 fully saturated rings. The van der Waals surface area contributed by atoms with E-state index in [0.717, 1.165) is 0 Å². The van der Waals surface area contributed by atoms with E-state index in [2.05, 4.69) is 27.0 Å². The number of hydrogen-bond acceptors (Lipinski definition) is 0. The van der Waals surface area contributed by atoms with Crippen LogP contribution in [-0.4, -0.2) is 0 Å². The number of allylic oxidation sites excluding steroid dienone is 2. The number of hydrogen-bond donors (Lipinski definition) is 0. The summed E-state index contributed by atoms with van der Waals surface area (Å²) < 4.78 is 0. The second kappa shape index (κ2) is 22.7. The van der Waals surface area contributed by atoms with Crippen molar-refractivity contribution in [1.82, 2.24) is 0 Å². The second-order valence-electron chi connectivity index (χ2n) is 2.12. The van der Waals surface area contributed by atoms with Gasteiger partial charge in [0.05, 0.1) is 0 Å². The van der Waals surface area contributed by atoms with Crippen molar-refractivity contribution in [3.8, 4) is 0 Å². The summed E-state index contributed by atoms with van der Waals surface area (Å²) in [6, 6.07) is 0. The first-order valence-corrected chi connectivity index (χ1v) is 4.40. The van der Waals surface area contributed by atoms with E-state index >= 15 is 0 Å². The summed E-state index contributed by atoms with van der Waals surface area (Å²) in [4.78, 5) is 0.